The van der Waals surface area contributed by atoms with Crippen LogP contribution in [0.4, 0.5) is 0 Å². The number of carboxylic acid groups (broad SMARTS) is 1. The van der Waals surface area contributed by atoms with Crippen molar-refractivity contribution in [3.63, 3.8) is 0 Å². The fourth-order valence-electron chi connectivity index (χ4n) is 2.68. The quantitative estimate of drug-likeness (QED) is 0.617. The summed E-state index contributed by atoms with van der Waals surface area (Å²) in [4.78, 5) is 24.7. The van der Waals surface area contributed by atoms with Crippen LogP contribution >= 0.6 is 0 Å². The van der Waals surface area contributed by atoms with E-state index in [-0.39, 0.29) is 25.3 Å². The lowest BCUT2D eigenvalue weighted by molar-refractivity contribution is -0.157. The van der Waals surface area contributed by atoms with E-state index in [1.165, 1.54) is 0 Å². The maximum atomic E-state index is 11.8. The van der Waals surface area contributed by atoms with Crippen LogP contribution in [0.1, 0.15) is 25.7 Å². The van der Waals surface area contributed by atoms with E-state index < -0.39 is 17.5 Å². The second-order valence-electron chi connectivity index (χ2n) is 6.00. The lowest BCUT2D eigenvalue weighted by Gasteiger charge is -2.41. The average Bonchev–Trinajstić information content (AvgIpc) is 2.35. The Morgan fingerprint density at radius 1 is 1.50 bits per heavy atom. The molecule has 6 heteroatoms. The monoisotopic (exact) mass is 282 g/mol. The molecular formula is C14H22N2O4. The zero-order valence-corrected chi connectivity index (χ0v) is 11.8. The van der Waals surface area contributed by atoms with E-state index >= 15 is 0 Å². The number of aliphatic carboxylic acids is 1. The van der Waals surface area contributed by atoms with Crippen molar-refractivity contribution in [2.45, 2.75) is 31.3 Å². The van der Waals surface area contributed by atoms with Gasteiger partial charge in [-0.3, -0.25) is 9.59 Å². The van der Waals surface area contributed by atoms with Gasteiger partial charge in [0.15, 0.2) is 0 Å². The molecule has 2 rings (SSSR count). The number of nitrogens with zero attached hydrogens (tertiary/aromatic N) is 1. The Morgan fingerprint density at radius 2 is 2.20 bits per heavy atom. The van der Waals surface area contributed by atoms with Gasteiger partial charge in [-0.1, -0.05) is 11.6 Å². The van der Waals surface area contributed by atoms with Gasteiger partial charge < -0.3 is 20.4 Å². The number of hydrogen-bond acceptors (Lipinski definition) is 4. The van der Waals surface area contributed by atoms with Gasteiger partial charge in [0.1, 0.15) is 0 Å². The van der Waals surface area contributed by atoms with Crippen LogP contribution in [0.15, 0.2) is 11.6 Å². The zero-order valence-electron chi connectivity index (χ0n) is 11.8. The smallest absolute Gasteiger partial charge is 0.306 e. The molecule has 0 aromatic rings. The number of carbonyl (C=O) groups excluding carboxylic acids is 1. The molecule has 0 bridgehead atoms. The van der Waals surface area contributed by atoms with Crippen molar-refractivity contribution in [2.24, 2.45) is 5.92 Å². The molecule has 1 fully saturated rings. The molecule has 6 nitrogen and oxygen atoms in total. The molecule has 3 N–H and O–H groups in total. The number of hydrogen-bond donors (Lipinski definition) is 3. The molecule has 1 amide bonds. The van der Waals surface area contributed by atoms with E-state index in [0.717, 1.165) is 25.1 Å². The summed E-state index contributed by atoms with van der Waals surface area (Å²) in [5.74, 6) is -1.46. The number of carboxylic acids is 1. The van der Waals surface area contributed by atoms with E-state index in [9.17, 15) is 14.7 Å². The van der Waals surface area contributed by atoms with Gasteiger partial charge in [0.05, 0.1) is 11.5 Å². The number of rotatable bonds is 5. The number of aliphatic hydroxyl groups is 1. The Balaban J connectivity index is 1.70. The van der Waals surface area contributed by atoms with Crippen molar-refractivity contribution in [3.05, 3.63) is 11.6 Å². The van der Waals surface area contributed by atoms with Gasteiger partial charge in [-0.25, -0.2) is 0 Å². The van der Waals surface area contributed by atoms with E-state index in [4.69, 9.17) is 5.11 Å². The van der Waals surface area contributed by atoms with Gasteiger partial charge >= 0.3 is 5.97 Å². The molecule has 0 unspecified atom stereocenters. The van der Waals surface area contributed by atoms with Crippen molar-refractivity contribution < 1.29 is 19.8 Å². The van der Waals surface area contributed by atoms with Crippen molar-refractivity contribution >= 4 is 11.9 Å². The molecule has 2 aliphatic rings. The lowest BCUT2D eigenvalue weighted by atomic mass is 9.71. The van der Waals surface area contributed by atoms with Crippen LogP contribution in [0.5, 0.6) is 0 Å². The third-order valence-electron chi connectivity index (χ3n) is 4.11. The van der Waals surface area contributed by atoms with Crippen LogP contribution in [0.2, 0.25) is 0 Å². The van der Waals surface area contributed by atoms with E-state index in [1.807, 2.05) is 7.05 Å². The van der Waals surface area contributed by atoms with E-state index in [0.29, 0.717) is 6.42 Å². The average molecular weight is 282 g/mol. The van der Waals surface area contributed by atoms with Crippen LogP contribution < -0.4 is 5.32 Å². The predicted octanol–water partition coefficient (Wildman–Crippen LogP) is -0.0197. The van der Waals surface area contributed by atoms with Crippen molar-refractivity contribution in [1.82, 2.24) is 10.2 Å². The molecule has 20 heavy (non-hydrogen) atoms. The van der Waals surface area contributed by atoms with Gasteiger partial charge in [0.25, 0.3) is 0 Å². The SMILES string of the molecule is CN1CC=C(CC(=O)NCC2(O)CC(C(=O)O)C2)CC1. The predicted molar refractivity (Wildman–Crippen MR) is 73.1 cm³/mol. The molecule has 0 aromatic carbocycles. The minimum absolute atomic E-state index is 0.104. The normalized spacial score (nSPS) is 30.3. The highest BCUT2D eigenvalue weighted by atomic mass is 16.4. The first-order chi connectivity index (χ1) is 9.38. The molecule has 1 saturated carbocycles. The minimum atomic E-state index is -1.04. The Labute approximate surface area is 118 Å². The Morgan fingerprint density at radius 3 is 2.75 bits per heavy atom. The molecule has 112 valence electrons. The van der Waals surface area contributed by atoms with Gasteiger partial charge in [-0.05, 0) is 26.3 Å². The fourth-order valence-corrected chi connectivity index (χ4v) is 2.68. The second kappa shape index (κ2) is 5.93. The Bertz CT molecular complexity index is 427. The summed E-state index contributed by atoms with van der Waals surface area (Å²) in [6.07, 6.45) is 3.77. The van der Waals surface area contributed by atoms with Crippen LogP contribution in [0.3, 0.4) is 0 Å². The lowest BCUT2D eigenvalue weighted by Crippen LogP contribution is -2.54. The second-order valence-corrected chi connectivity index (χ2v) is 6.00. The van der Waals surface area contributed by atoms with Gasteiger partial charge in [-0.15, -0.1) is 0 Å². The molecule has 0 atom stereocenters. The summed E-state index contributed by atoms with van der Waals surface area (Å²) in [7, 11) is 2.04. The highest BCUT2D eigenvalue weighted by Gasteiger charge is 2.46. The van der Waals surface area contributed by atoms with Crippen LogP contribution in [0.25, 0.3) is 0 Å². The molecule has 1 aliphatic heterocycles. The zero-order chi connectivity index (χ0) is 14.8. The third-order valence-corrected chi connectivity index (χ3v) is 4.11. The number of likely N-dealkylation sites (N-methyl/N-ethyl adjacent to an activating group) is 1. The molecule has 1 heterocycles. The van der Waals surface area contributed by atoms with E-state index in [2.05, 4.69) is 16.3 Å². The first-order valence-corrected chi connectivity index (χ1v) is 6.96. The maximum absolute atomic E-state index is 11.8. The van der Waals surface area contributed by atoms with Crippen LogP contribution in [0, 0.1) is 5.92 Å². The summed E-state index contributed by atoms with van der Waals surface area (Å²) >= 11 is 0. The number of amides is 1. The topological polar surface area (TPSA) is 89.9 Å². The molecular weight excluding hydrogens is 260 g/mol. The van der Waals surface area contributed by atoms with Crippen molar-refractivity contribution in [1.29, 1.82) is 0 Å². The molecule has 0 saturated heterocycles. The maximum Gasteiger partial charge on any atom is 0.306 e. The van der Waals surface area contributed by atoms with Crippen LogP contribution in [-0.2, 0) is 9.59 Å². The standard InChI is InChI=1S/C14H22N2O4/c1-16-4-2-10(3-5-16)6-12(17)15-9-14(20)7-11(8-14)13(18)19/h2,11,20H,3-9H2,1H3,(H,15,17)(H,18,19). The first-order valence-electron chi connectivity index (χ1n) is 6.96. The Kier molecular flexibility index (Phi) is 4.45. The summed E-state index contributed by atoms with van der Waals surface area (Å²) in [5, 5.41) is 21.5. The van der Waals surface area contributed by atoms with Crippen molar-refractivity contribution in [3.8, 4) is 0 Å². The molecule has 0 radical (unpaired) electrons. The highest BCUT2D eigenvalue weighted by molar-refractivity contribution is 5.78. The summed E-state index contributed by atoms with van der Waals surface area (Å²) in [6, 6.07) is 0. The molecule has 0 spiro atoms. The van der Waals surface area contributed by atoms with Gasteiger partial charge in [0, 0.05) is 26.1 Å². The largest absolute Gasteiger partial charge is 0.481 e. The summed E-state index contributed by atoms with van der Waals surface area (Å²) in [5.41, 5.74) is 0.0875. The highest BCUT2D eigenvalue weighted by Crippen LogP contribution is 2.37. The van der Waals surface area contributed by atoms with Gasteiger partial charge in [0.2, 0.25) is 5.91 Å². The molecule has 0 aromatic heterocycles. The number of nitrogens with one attached hydrogen (secondary N) is 1. The minimum Gasteiger partial charge on any atom is -0.481 e. The number of carbonyl (C=O) groups is 2. The first kappa shape index (κ1) is 15.0. The van der Waals surface area contributed by atoms with Crippen molar-refractivity contribution in [2.75, 3.05) is 26.7 Å². The Hall–Kier alpha value is -1.40. The van der Waals surface area contributed by atoms with Gasteiger partial charge in [-0.2, -0.15) is 0 Å². The summed E-state index contributed by atoms with van der Waals surface area (Å²) in [6.45, 7) is 1.97. The van der Waals surface area contributed by atoms with Crippen LogP contribution in [-0.4, -0.2) is 59.3 Å². The molecule has 1 aliphatic carbocycles. The van der Waals surface area contributed by atoms with E-state index in [1.54, 1.807) is 0 Å². The third kappa shape index (κ3) is 3.80. The summed E-state index contributed by atoms with van der Waals surface area (Å²) < 4.78 is 0. The fraction of sp³-hybridized carbons (Fsp3) is 0.714.